The van der Waals surface area contributed by atoms with E-state index in [1.165, 1.54) is 24.3 Å². The van der Waals surface area contributed by atoms with Crippen molar-refractivity contribution in [1.29, 1.82) is 0 Å². The average molecular weight is 465 g/mol. The Kier molecular flexibility index (Phi) is 7.00. The van der Waals surface area contributed by atoms with Crippen molar-refractivity contribution in [1.82, 2.24) is 0 Å². The molecule has 2 atom stereocenters. The molecule has 3 rings (SSSR count). The maximum absolute atomic E-state index is 13.0. The summed E-state index contributed by atoms with van der Waals surface area (Å²) in [5.74, 6) is -1.94. The number of halogens is 3. The molecule has 1 aliphatic rings. The van der Waals surface area contributed by atoms with Gasteiger partial charge < -0.3 is 9.84 Å². The summed E-state index contributed by atoms with van der Waals surface area (Å²) in [6.45, 7) is 5.48. The van der Waals surface area contributed by atoms with E-state index in [9.17, 15) is 33.2 Å². The molecule has 2 aromatic rings. The second-order valence-electron chi connectivity index (χ2n) is 8.93. The van der Waals surface area contributed by atoms with Crippen LogP contribution in [0.1, 0.15) is 57.1 Å². The number of hydrogen-bond acceptors (Lipinski definition) is 4. The van der Waals surface area contributed by atoms with Gasteiger partial charge in [-0.05, 0) is 67.3 Å². The van der Waals surface area contributed by atoms with E-state index >= 15 is 0 Å². The fourth-order valence-electron chi connectivity index (χ4n) is 3.85. The Labute approximate surface area is 189 Å². The number of nitro groups is 1. The van der Waals surface area contributed by atoms with E-state index in [1.54, 1.807) is 6.92 Å². The Morgan fingerprint density at radius 1 is 1.18 bits per heavy atom. The number of rotatable bonds is 9. The molecule has 0 aromatic heterocycles. The SMILES string of the molecule is CC(C)CC(C(=O)O)c1cc(-c2ccc(C(F)(F)F)cc2)c(OC(C)C2CC2)c([N+](=O)[O-])c1. The van der Waals surface area contributed by atoms with Crippen LogP contribution < -0.4 is 4.74 Å². The third-order valence-corrected chi connectivity index (χ3v) is 5.81. The van der Waals surface area contributed by atoms with Crippen molar-refractivity contribution in [3.05, 3.63) is 57.6 Å². The lowest BCUT2D eigenvalue weighted by Crippen LogP contribution is -2.17. The monoisotopic (exact) mass is 465 g/mol. The lowest BCUT2D eigenvalue weighted by atomic mass is 9.87. The van der Waals surface area contributed by atoms with Crippen LogP contribution in [-0.2, 0) is 11.0 Å². The summed E-state index contributed by atoms with van der Waals surface area (Å²) in [6.07, 6.45) is -2.75. The molecule has 1 fully saturated rings. The van der Waals surface area contributed by atoms with Crippen LogP contribution in [0.25, 0.3) is 11.1 Å². The van der Waals surface area contributed by atoms with E-state index in [0.29, 0.717) is 0 Å². The molecule has 0 spiro atoms. The first kappa shape index (κ1) is 24.5. The Hall–Kier alpha value is -3.10. The normalized spacial score (nSPS) is 15.8. The summed E-state index contributed by atoms with van der Waals surface area (Å²) < 4.78 is 45.1. The highest BCUT2D eigenvalue weighted by atomic mass is 19.4. The fraction of sp³-hybridized carbons (Fsp3) is 0.458. The summed E-state index contributed by atoms with van der Waals surface area (Å²) in [5.41, 5.74) is -0.557. The minimum atomic E-state index is -4.53. The third-order valence-electron chi connectivity index (χ3n) is 5.81. The van der Waals surface area contributed by atoms with Gasteiger partial charge in [-0.15, -0.1) is 0 Å². The topological polar surface area (TPSA) is 89.7 Å². The molecule has 1 N–H and O–H groups in total. The molecule has 9 heteroatoms. The zero-order valence-corrected chi connectivity index (χ0v) is 18.6. The zero-order valence-electron chi connectivity index (χ0n) is 18.6. The highest BCUT2D eigenvalue weighted by molar-refractivity contribution is 5.81. The van der Waals surface area contributed by atoms with Crippen molar-refractivity contribution < 1.29 is 32.7 Å². The summed E-state index contributed by atoms with van der Waals surface area (Å²) in [6, 6.07) is 6.93. The standard InChI is InChI=1S/C24H26F3NO5/c1-13(2)10-20(23(29)30)17-11-19(16-6-8-18(9-7-16)24(25,26)27)22(21(12-17)28(31)32)33-14(3)15-4-5-15/h6-9,11-15,20H,4-5,10H2,1-3H3,(H,29,30). The lowest BCUT2D eigenvalue weighted by Gasteiger charge is -2.21. The van der Waals surface area contributed by atoms with Gasteiger partial charge in [0.15, 0.2) is 0 Å². The van der Waals surface area contributed by atoms with Crippen LogP contribution in [0.2, 0.25) is 0 Å². The largest absolute Gasteiger partial charge is 0.483 e. The Morgan fingerprint density at radius 3 is 2.24 bits per heavy atom. The molecule has 0 amide bonds. The van der Waals surface area contributed by atoms with Crippen LogP contribution in [-0.4, -0.2) is 22.1 Å². The van der Waals surface area contributed by atoms with Gasteiger partial charge in [0.1, 0.15) is 0 Å². The number of nitro benzene ring substituents is 1. The van der Waals surface area contributed by atoms with Gasteiger partial charge in [-0.2, -0.15) is 13.2 Å². The van der Waals surface area contributed by atoms with Gasteiger partial charge in [0.25, 0.3) is 0 Å². The molecule has 0 aliphatic heterocycles. The molecule has 1 aliphatic carbocycles. The number of aliphatic carboxylic acids is 1. The molecule has 2 unspecified atom stereocenters. The van der Waals surface area contributed by atoms with Crippen molar-refractivity contribution in [3.63, 3.8) is 0 Å². The van der Waals surface area contributed by atoms with E-state index in [-0.39, 0.29) is 46.8 Å². The van der Waals surface area contributed by atoms with Crippen LogP contribution >= 0.6 is 0 Å². The predicted molar refractivity (Wildman–Crippen MR) is 116 cm³/mol. The van der Waals surface area contributed by atoms with Crippen molar-refractivity contribution >= 4 is 11.7 Å². The first-order valence-electron chi connectivity index (χ1n) is 10.8. The average Bonchev–Trinajstić information content (AvgIpc) is 3.56. The van der Waals surface area contributed by atoms with E-state index < -0.39 is 34.2 Å². The number of carboxylic acid groups (broad SMARTS) is 1. The molecule has 2 aromatic carbocycles. The third kappa shape index (κ3) is 5.83. The van der Waals surface area contributed by atoms with Crippen molar-refractivity contribution in [2.75, 3.05) is 0 Å². The number of alkyl halides is 3. The van der Waals surface area contributed by atoms with Gasteiger partial charge in [-0.25, -0.2) is 0 Å². The van der Waals surface area contributed by atoms with Gasteiger partial charge in [-0.1, -0.05) is 26.0 Å². The summed E-state index contributed by atoms with van der Waals surface area (Å²) in [7, 11) is 0. The van der Waals surface area contributed by atoms with Crippen molar-refractivity contribution in [2.45, 2.75) is 58.2 Å². The minimum Gasteiger partial charge on any atom is -0.483 e. The highest BCUT2D eigenvalue weighted by Crippen LogP contribution is 2.45. The van der Waals surface area contributed by atoms with Crippen LogP contribution in [0.5, 0.6) is 5.75 Å². The highest BCUT2D eigenvalue weighted by Gasteiger charge is 2.34. The second kappa shape index (κ2) is 9.41. The van der Waals surface area contributed by atoms with Crippen LogP contribution in [0.15, 0.2) is 36.4 Å². The Balaban J connectivity index is 2.20. The molecule has 1 saturated carbocycles. The van der Waals surface area contributed by atoms with E-state index in [2.05, 4.69) is 0 Å². The second-order valence-corrected chi connectivity index (χ2v) is 8.93. The molecule has 6 nitrogen and oxygen atoms in total. The van der Waals surface area contributed by atoms with Crippen molar-refractivity contribution in [2.24, 2.45) is 11.8 Å². The van der Waals surface area contributed by atoms with E-state index in [1.807, 2.05) is 13.8 Å². The van der Waals surface area contributed by atoms with Gasteiger partial charge in [0.05, 0.1) is 22.5 Å². The Bertz CT molecular complexity index is 1030. The first-order valence-corrected chi connectivity index (χ1v) is 10.8. The van der Waals surface area contributed by atoms with Crippen LogP contribution in [0.3, 0.4) is 0 Å². The quantitative estimate of drug-likeness (QED) is 0.330. The molecule has 0 heterocycles. The summed E-state index contributed by atoms with van der Waals surface area (Å²) >= 11 is 0. The number of benzene rings is 2. The zero-order chi connectivity index (χ0) is 24.5. The predicted octanol–water partition coefficient (Wildman–Crippen LogP) is 6.67. The maximum Gasteiger partial charge on any atom is 0.416 e. The number of carboxylic acids is 1. The Morgan fingerprint density at radius 2 is 1.79 bits per heavy atom. The molecule has 0 radical (unpaired) electrons. The smallest absolute Gasteiger partial charge is 0.416 e. The fourth-order valence-corrected chi connectivity index (χ4v) is 3.85. The van der Waals surface area contributed by atoms with Gasteiger partial charge in [0, 0.05) is 11.6 Å². The lowest BCUT2D eigenvalue weighted by molar-refractivity contribution is -0.386. The number of carbonyl (C=O) groups is 1. The van der Waals surface area contributed by atoms with E-state index in [4.69, 9.17) is 4.74 Å². The summed E-state index contributed by atoms with van der Waals surface area (Å²) in [5, 5.41) is 21.7. The van der Waals surface area contributed by atoms with Crippen LogP contribution in [0.4, 0.5) is 18.9 Å². The summed E-state index contributed by atoms with van der Waals surface area (Å²) in [4.78, 5) is 23.3. The first-order chi connectivity index (χ1) is 15.4. The molecule has 0 bridgehead atoms. The van der Waals surface area contributed by atoms with Gasteiger partial charge >= 0.3 is 17.8 Å². The minimum absolute atomic E-state index is 0.00508. The van der Waals surface area contributed by atoms with Gasteiger partial charge in [-0.3, -0.25) is 14.9 Å². The van der Waals surface area contributed by atoms with Crippen molar-refractivity contribution in [3.8, 4) is 16.9 Å². The number of ether oxygens (including phenoxy) is 1. The van der Waals surface area contributed by atoms with Crippen LogP contribution in [0, 0.1) is 22.0 Å². The number of hydrogen-bond donors (Lipinski definition) is 1. The number of nitrogens with zero attached hydrogens (tertiary/aromatic N) is 1. The van der Waals surface area contributed by atoms with E-state index in [0.717, 1.165) is 25.0 Å². The molecular weight excluding hydrogens is 439 g/mol. The molecule has 0 saturated heterocycles. The molecule has 178 valence electrons. The van der Waals surface area contributed by atoms with Gasteiger partial charge in [0.2, 0.25) is 5.75 Å². The molecule has 33 heavy (non-hydrogen) atoms. The maximum atomic E-state index is 13.0. The molecular formula is C24H26F3NO5.